The molecular formula is C15H12Cl2N2. The van der Waals surface area contributed by atoms with Crippen LogP contribution in [0.5, 0.6) is 0 Å². The molecule has 0 unspecified atom stereocenters. The summed E-state index contributed by atoms with van der Waals surface area (Å²) >= 11 is 12.2. The van der Waals surface area contributed by atoms with Gasteiger partial charge in [0.1, 0.15) is 0 Å². The molecule has 0 bridgehead atoms. The summed E-state index contributed by atoms with van der Waals surface area (Å²) < 4.78 is 0. The van der Waals surface area contributed by atoms with Crippen LogP contribution in [0.3, 0.4) is 0 Å². The van der Waals surface area contributed by atoms with Crippen LogP contribution in [0.15, 0.2) is 36.4 Å². The Labute approximate surface area is 122 Å². The molecule has 96 valence electrons. The van der Waals surface area contributed by atoms with Crippen LogP contribution >= 0.6 is 23.2 Å². The van der Waals surface area contributed by atoms with Gasteiger partial charge >= 0.3 is 0 Å². The van der Waals surface area contributed by atoms with E-state index in [1.54, 1.807) is 12.1 Å². The third-order valence-corrected chi connectivity index (χ3v) is 3.68. The summed E-state index contributed by atoms with van der Waals surface area (Å²) in [7, 11) is 0. The Balaban J connectivity index is 2.15. The maximum absolute atomic E-state index is 8.79. The Morgan fingerprint density at radius 3 is 2.63 bits per heavy atom. The molecule has 0 heterocycles. The predicted octanol–water partition coefficient (Wildman–Crippen LogP) is 4.79. The van der Waals surface area contributed by atoms with E-state index >= 15 is 0 Å². The van der Waals surface area contributed by atoms with Crippen LogP contribution in [-0.4, -0.2) is 0 Å². The van der Waals surface area contributed by atoms with Crippen molar-refractivity contribution >= 4 is 28.9 Å². The number of rotatable bonds is 3. The van der Waals surface area contributed by atoms with Crippen LogP contribution in [0.25, 0.3) is 0 Å². The number of nitriles is 1. The van der Waals surface area contributed by atoms with Gasteiger partial charge in [-0.2, -0.15) is 5.26 Å². The Morgan fingerprint density at radius 1 is 1.16 bits per heavy atom. The minimum atomic E-state index is 0.563. The van der Waals surface area contributed by atoms with E-state index in [2.05, 4.69) is 11.4 Å². The summed E-state index contributed by atoms with van der Waals surface area (Å²) in [6.07, 6.45) is 0. The second-order valence-electron chi connectivity index (χ2n) is 4.18. The molecule has 2 aromatic rings. The molecule has 19 heavy (non-hydrogen) atoms. The van der Waals surface area contributed by atoms with Crippen molar-refractivity contribution in [1.29, 1.82) is 5.26 Å². The normalized spacial score (nSPS) is 10.0. The number of benzene rings is 2. The van der Waals surface area contributed by atoms with E-state index in [0.717, 1.165) is 21.8 Å². The van der Waals surface area contributed by atoms with Crippen molar-refractivity contribution < 1.29 is 0 Å². The zero-order valence-electron chi connectivity index (χ0n) is 10.4. The van der Waals surface area contributed by atoms with Gasteiger partial charge in [-0.3, -0.25) is 0 Å². The molecule has 0 radical (unpaired) electrons. The lowest BCUT2D eigenvalue weighted by molar-refractivity contribution is 1.14. The second-order valence-corrected chi connectivity index (χ2v) is 5.00. The number of halogens is 2. The molecular weight excluding hydrogens is 279 g/mol. The average Bonchev–Trinajstić information content (AvgIpc) is 2.41. The summed E-state index contributed by atoms with van der Waals surface area (Å²) in [6, 6.07) is 13.1. The average molecular weight is 291 g/mol. The molecule has 0 saturated carbocycles. The van der Waals surface area contributed by atoms with Crippen molar-refractivity contribution in [3.63, 3.8) is 0 Å². The lowest BCUT2D eigenvalue weighted by atomic mass is 10.1. The molecule has 0 saturated heterocycles. The number of nitrogens with zero attached hydrogens (tertiary/aromatic N) is 1. The predicted molar refractivity (Wildman–Crippen MR) is 79.7 cm³/mol. The fourth-order valence-corrected chi connectivity index (χ4v) is 2.17. The maximum atomic E-state index is 8.79. The first-order valence-electron chi connectivity index (χ1n) is 5.79. The van der Waals surface area contributed by atoms with Gasteiger partial charge < -0.3 is 5.32 Å². The van der Waals surface area contributed by atoms with Gasteiger partial charge in [-0.15, -0.1) is 0 Å². The topological polar surface area (TPSA) is 35.8 Å². The minimum Gasteiger partial charge on any atom is -0.381 e. The van der Waals surface area contributed by atoms with Gasteiger partial charge in [0, 0.05) is 22.3 Å². The van der Waals surface area contributed by atoms with E-state index in [1.807, 2.05) is 31.2 Å². The maximum Gasteiger partial charge on any atom is 0.0992 e. The Bertz CT molecular complexity index is 645. The lowest BCUT2D eigenvalue weighted by Gasteiger charge is -2.11. The van der Waals surface area contributed by atoms with Crippen molar-refractivity contribution in [2.24, 2.45) is 0 Å². The van der Waals surface area contributed by atoms with Crippen LogP contribution in [0.1, 0.15) is 16.7 Å². The van der Waals surface area contributed by atoms with E-state index in [1.165, 1.54) is 0 Å². The highest BCUT2D eigenvalue weighted by Gasteiger charge is 2.04. The summed E-state index contributed by atoms with van der Waals surface area (Å²) in [5.74, 6) is 0. The molecule has 2 aromatic carbocycles. The van der Waals surface area contributed by atoms with Crippen LogP contribution < -0.4 is 5.32 Å². The number of nitrogens with one attached hydrogen (secondary N) is 1. The van der Waals surface area contributed by atoms with Gasteiger partial charge in [-0.1, -0.05) is 35.3 Å². The zero-order chi connectivity index (χ0) is 13.8. The van der Waals surface area contributed by atoms with E-state index in [4.69, 9.17) is 28.5 Å². The second kappa shape index (κ2) is 5.97. The highest BCUT2D eigenvalue weighted by Crippen LogP contribution is 2.24. The SMILES string of the molecule is Cc1c(Cl)cccc1NCc1ccc(C#N)cc1Cl. The molecule has 2 nitrogen and oxygen atoms in total. The van der Waals surface area contributed by atoms with Gasteiger partial charge in [0.2, 0.25) is 0 Å². The van der Waals surface area contributed by atoms with Gasteiger partial charge in [0.05, 0.1) is 11.6 Å². The van der Waals surface area contributed by atoms with Crippen molar-refractivity contribution in [3.05, 3.63) is 63.1 Å². The van der Waals surface area contributed by atoms with Crippen LogP contribution in [0.4, 0.5) is 5.69 Å². The number of hydrogen-bond donors (Lipinski definition) is 1. The first kappa shape index (κ1) is 13.7. The van der Waals surface area contributed by atoms with E-state index in [0.29, 0.717) is 17.1 Å². The number of anilines is 1. The van der Waals surface area contributed by atoms with Crippen LogP contribution in [0.2, 0.25) is 10.0 Å². The highest BCUT2D eigenvalue weighted by molar-refractivity contribution is 6.32. The first-order chi connectivity index (χ1) is 9.11. The van der Waals surface area contributed by atoms with Crippen LogP contribution in [0, 0.1) is 18.3 Å². The fourth-order valence-electron chi connectivity index (χ4n) is 1.75. The monoisotopic (exact) mass is 290 g/mol. The molecule has 0 aliphatic rings. The molecule has 0 aliphatic carbocycles. The summed E-state index contributed by atoms with van der Waals surface area (Å²) in [5.41, 5.74) is 3.49. The molecule has 0 amide bonds. The van der Waals surface area contributed by atoms with E-state index in [-0.39, 0.29) is 0 Å². The Kier molecular flexibility index (Phi) is 4.31. The molecule has 0 aromatic heterocycles. The Hall–Kier alpha value is -1.69. The van der Waals surface area contributed by atoms with Crippen LogP contribution in [-0.2, 0) is 6.54 Å². The third-order valence-electron chi connectivity index (χ3n) is 2.92. The number of hydrogen-bond acceptors (Lipinski definition) is 2. The molecule has 1 N–H and O–H groups in total. The van der Waals surface area contributed by atoms with Crippen molar-refractivity contribution in [2.45, 2.75) is 13.5 Å². The molecule has 4 heteroatoms. The van der Waals surface area contributed by atoms with Crippen molar-refractivity contribution in [1.82, 2.24) is 0 Å². The highest BCUT2D eigenvalue weighted by atomic mass is 35.5. The molecule has 2 rings (SSSR count). The largest absolute Gasteiger partial charge is 0.381 e. The fraction of sp³-hybridized carbons (Fsp3) is 0.133. The first-order valence-corrected chi connectivity index (χ1v) is 6.55. The molecule has 0 aliphatic heterocycles. The third kappa shape index (κ3) is 3.20. The summed E-state index contributed by atoms with van der Waals surface area (Å²) in [4.78, 5) is 0. The van der Waals surface area contributed by atoms with Crippen molar-refractivity contribution in [2.75, 3.05) is 5.32 Å². The minimum absolute atomic E-state index is 0.563. The van der Waals surface area contributed by atoms with Crippen molar-refractivity contribution in [3.8, 4) is 6.07 Å². The van der Waals surface area contributed by atoms with Gasteiger partial charge in [-0.25, -0.2) is 0 Å². The van der Waals surface area contributed by atoms with Gasteiger partial charge in [0.15, 0.2) is 0 Å². The smallest absolute Gasteiger partial charge is 0.0992 e. The van der Waals surface area contributed by atoms with Gasteiger partial charge in [-0.05, 0) is 42.3 Å². The molecule has 0 spiro atoms. The quantitative estimate of drug-likeness (QED) is 0.882. The van der Waals surface area contributed by atoms with Gasteiger partial charge in [0.25, 0.3) is 0 Å². The van der Waals surface area contributed by atoms with E-state index in [9.17, 15) is 0 Å². The van der Waals surface area contributed by atoms with E-state index < -0.39 is 0 Å². The zero-order valence-corrected chi connectivity index (χ0v) is 11.9. The molecule has 0 atom stereocenters. The Morgan fingerprint density at radius 2 is 1.95 bits per heavy atom. The summed E-state index contributed by atoms with van der Waals surface area (Å²) in [5, 5.41) is 13.4. The standard InChI is InChI=1S/C15H12Cl2N2/c1-10-13(16)3-2-4-15(10)19-9-12-6-5-11(8-18)7-14(12)17/h2-7,19H,9H2,1H3. The molecule has 0 fully saturated rings. The lowest BCUT2D eigenvalue weighted by Crippen LogP contribution is -2.02. The summed E-state index contributed by atoms with van der Waals surface area (Å²) in [6.45, 7) is 2.55.